The van der Waals surface area contributed by atoms with Crippen molar-refractivity contribution < 1.29 is 14.8 Å². The lowest BCUT2D eigenvalue weighted by atomic mass is 9.94. The largest absolute Gasteiger partial charge is 0.415 e. The Labute approximate surface area is 150 Å². The fourth-order valence-electron chi connectivity index (χ4n) is 3.22. The van der Waals surface area contributed by atoms with E-state index >= 15 is 0 Å². The number of rotatable bonds is 6. The summed E-state index contributed by atoms with van der Waals surface area (Å²) in [7, 11) is 1.70. The van der Waals surface area contributed by atoms with Crippen LogP contribution < -0.4 is 9.64 Å². The molecule has 3 rings (SSSR count). The molecule has 1 saturated heterocycles. The first-order chi connectivity index (χ1) is 12.5. The molecule has 1 aliphatic rings. The molecule has 0 bridgehead atoms. The van der Waals surface area contributed by atoms with Crippen molar-refractivity contribution in [2.75, 3.05) is 24.6 Å². The summed E-state index contributed by atoms with van der Waals surface area (Å²) < 4.78 is 7.16. The quantitative estimate of drug-likeness (QED) is 0.610. The number of ether oxygens (including phenoxy) is 1. The summed E-state index contributed by atoms with van der Waals surface area (Å²) in [6, 6.07) is 1.69. The van der Waals surface area contributed by atoms with Gasteiger partial charge in [-0.3, -0.25) is 10.1 Å². The average Bonchev–Trinajstić information content (AvgIpc) is 2.92. The first-order valence-electron chi connectivity index (χ1n) is 8.53. The highest BCUT2D eigenvalue weighted by atomic mass is 16.6. The second-order valence-electron chi connectivity index (χ2n) is 6.40. The van der Waals surface area contributed by atoms with Crippen LogP contribution in [0, 0.1) is 23.0 Å². The van der Waals surface area contributed by atoms with Gasteiger partial charge in [0, 0.05) is 32.8 Å². The minimum atomic E-state index is -0.506. The molecule has 0 saturated carbocycles. The summed E-state index contributed by atoms with van der Waals surface area (Å²) in [5.41, 5.74) is 0.498. The van der Waals surface area contributed by atoms with Gasteiger partial charge in [0.2, 0.25) is 11.7 Å². The Bertz CT molecular complexity index is 785. The first kappa shape index (κ1) is 18.1. The SMILES string of the molecule is Cc1cc(Oc2ncnc(N3CCC(CCO)CC3)c2[N+](=O)[O-])n(C)n1. The average molecular weight is 362 g/mol. The van der Waals surface area contributed by atoms with Crippen LogP contribution >= 0.6 is 0 Å². The van der Waals surface area contributed by atoms with Gasteiger partial charge in [-0.15, -0.1) is 0 Å². The fraction of sp³-hybridized carbons (Fsp3) is 0.562. The van der Waals surface area contributed by atoms with Crippen LogP contribution in [0.25, 0.3) is 0 Å². The zero-order valence-corrected chi connectivity index (χ0v) is 14.8. The summed E-state index contributed by atoms with van der Waals surface area (Å²) in [5, 5.41) is 24.9. The van der Waals surface area contributed by atoms with Gasteiger partial charge in [0.1, 0.15) is 6.33 Å². The molecule has 0 atom stereocenters. The molecule has 1 fully saturated rings. The molecule has 3 heterocycles. The maximum atomic E-state index is 11.7. The van der Waals surface area contributed by atoms with Crippen LogP contribution in [0.2, 0.25) is 0 Å². The van der Waals surface area contributed by atoms with Crippen LogP contribution in [0.5, 0.6) is 11.8 Å². The molecular weight excluding hydrogens is 340 g/mol. The Kier molecular flexibility index (Phi) is 5.31. The Balaban J connectivity index is 1.87. The lowest BCUT2D eigenvalue weighted by molar-refractivity contribution is -0.385. The standard InChI is InChI=1S/C16H22N6O4/c1-11-9-13(20(2)19-11)26-16-14(22(24)25)15(17-10-18-16)21-6-3-12(4-7-21)5-8-23/h9-10,12,23H,3-8H2,1-2H3. The monoisotopic (exact) mass is 362 g/mol. The molecule has 0 radical (unpaired) electrons. The van der Waals surface area contributed by atoms with Gasteiger partial charge in [0.25, 0.3) is 0 Å². The number of piperidine rings is 1. The number of hydrogen-bond donors (Lipinski definition) is 1. The molecule has 0 unspecified atom stereocenters. The third-order valence-electron chi connectivity index (χ3n) is 4.56. The van der Waals surface area contributed by atoms with Gasteiger partial charge in [0.05, 0.1) is 10.6 Å². The van der Waals surface area contributed by atoms with Crippen molar-refractivity contribution in [3.05, 3.63) is 28.2 Å². The van der Waals surface area contributed by atoms with Crippen LogP contribution in [0.3, 0.4) is 0 Å². The zero-order valence-electron chi connectivity index (χ0n) is 14.8. The topological polar surface area (TPSA) is 119 Å². The molecule has 26 heavy (non-hydrogen) atoms. The van der Waals surface area contributed by atoms with E-state index in [1.54, 1.807) is 13.1 Å². The number of aromatic nitrogens is 4. The van der Waals surface area contributed by atoms with E-state index in [9.17, 15) is 10.1 Å². The van der Waals surface area contributed by atoms with E-state index in [1.807, 2.05) is 11.8 Å². The lowest BCUT2D eigenvalue weighted by Gasteiger charge is -2.32. The Morgan fingerprint density at radius 3 is 2.69 bits per heavy atom. The normalized spacial score (nSPS) is 15.3. The van der Waals surface area contributed by atoms with Crippen LogP contribution in [0.15, 0.2) is 12.4 Å². The zero-order chi connectivity index (χ0) is 18.7. The van der Waals surface area contributed by atoms with Crippen LogP contribution in [-0.4, -0.2) is 49.5 Å². The molecule has 1 aliphatic heterocycles. The summed E-state index contributed by atoms with van der Waals surface area (Å²) in [5.74, 6) is 0.976. The van der Waals surface area contributed by atoms with Crippen LogP contribution in [-0.2, 0) is 7.05 Å². The predicted octanol–water partition coefficient (Wildman–Crippen LogP) is 1.82. The van der Waals surface area contributed by atoms with E-state index in [-0.39, 0.29) is 24.0 Å². The highest BCUT2D eigenvalue weighted by Gasteiger charge is 2.31. The summed E-state index contributed by atoms with van der Waals surface area (Å²) in [6.45, 7) is 3.27. The van der Waals surface area contributed by atoms with E-state index < -0.39 is 4.92 Å². The summed E-state index contributed by atoms with van der Waals surface area (Å²) in [6.07, 6.45) is 3.76. The van der Waals surface area contributed by atoms with Gasteiger partial charge < -0.3 is 14.7 Å². The molecule has 2 aromatic rings. The van der Waals surface area contributed by atoms with Crippen molar-refractivity contribution >= 4 is 11.5 Å². The van der Waals surface area contributed by atoms with E-state index in [2.05, 4.69) is 15.1 Å². The maximum absolute atomic E-state index is 11.7. The third kappa shape index (κ3) is 3.74. The minimum Gasteiger partial charge on any atom is -0.415 e. The van der Waals surface area contributed by atoms with E-state index in [0.29, 0.717) is 24.9 Å². The van der Waals surface area contributed by atoms with Crippen molar-refractivity contribution in [2.24, 2.45) is 13.0 Å². The van der Waals surface area contributed by atoms with E-state index in [1.165, 1.54) is 11.0 Å². The van der Waals surface area contributed by atoms with Crippen molar-refractivity contribution in [3.8, 4) is 11.8 Å². The van der Waals surface area contributed by atoms with Crippen molar-refractivity contribution in [2.45, 2.75) is 26.2 Å². The Hall–Kier alpha value is -2.75. The summed E-state index contributed by atoms with van der Waals surface area (Å²) in [4.78, 5) is 21.2. The van der Waals surface area contributed by atoms with Gasteiger partial charge in [-0.05, 0) is 32.1 Å². The van der Waals surface area contributed by atoms with E-state index in [0.717, 1.165) is 25.0 Å². The molecule has 10 nitrogen and oxygen atoms in total. The Morgan fingerprint density at radius 2 is 2.12 bits per heavy atom. The molecule has 0 aromatic carbocycles. The molecule has 0 spiro atoms. The number of aliphatic hydroxyl groups is 1. The van der Waals surface area contributed by atoms with Crippen LogP contribution in [0.1, 0.15) is 25.0 Å². The fourth-order valence-corrected chi connectivity index (χ4v) is 3.22. The number of nitrogens with zero attached hydrogens (tertiary/aromatic N) is 6. The highest BCUT2D eigenvalue weighted by molar-refractivity contribution is 5.63. The van der Waals surface area contributed by atoms with Gasteiger partial charge >= 0.3 is 11.6 Å². The van der Waals surface area contributed by atoms with E-state index in [4.69, 9.17) is 9.84 Å². The smallest absolute Gasteiger partial charge is 0.373 e. The van der Waals surface area contributed by atoms with Gasteiger partial charge in [0.15, 0.2) is 0 Å². The molecule has 0 amide bonds. The highest BCUT2D eigenvalue weighted by Crippen LogP contribution is 2.37. The number of anilines is 1. The Morgan fingerprint density at radius 1 is 1.38 bits per heavy atom. The third-order valence-corrected chi connectivity index (χ3v) is 4.56. The molecule has 140 valence electrons. The number of aliphatic hydroxyl groups excluding tert-OH is 1. The van der Waals surface area contributed by atoms with Crippen molar-refractivity contribution in [1.82, 2.24) is 19.7 Å². The van der Waals surface area contributed by atoms with Crippen molar-refractivity contribution in [1.29, 1.82) is 0 Å². The lowest BCUT2D eigenvalue weighted by Crippen LogP contribution is -2.35. The van der Waals surface area contributed by atoms with Gasteiger partial charge in [-0.2, -0.15) is 10.1 Å². The van der Waals surface area contributed by atoms with Gasteiger partial charge in [-0.25, -0.2) is 9.67 Å². The minimum absolute atomic E-state index is 0.0968. The maximum Gasteiger partial charge on any atom is 0.373 e. The summed E-state index contributed by atoms with van der Waals surface area (Å²) >= 11 is 0. The van der Waals surface area contributed by atoms with Gasteiger partial charge in [-0.1, -0.05) is 0 Å². The van der Waals surface area contributed by atoms with Crippen LogP contribution in [0.4, 0.5) is 11.5 Å². The predicted molar refractivity (Wildman–Crippen MR) is 93.3 cm³/mol. The van der Waals surface area contributed by atoms with Crippen molar-refractivity contribution in [3.63, 3.8) is 0 Å². The first-order valence-corrected chi connectivity index (χ1v) is 8.53. The molecular formula is C16H22N6O4. The molecule has 2 aromatic heterocycles. The molecule has 1 N–H and O–H groups in total. The number of hydrogen-bond acceptors (Lipinski definition) is 8. The number of nitro groups is 1. The number of aryl methyl sites for hydroxylation is 2. The second kappa shape index (κ2) is 7.65. The molecule has 0 aliphatic carbocycles. The molecule has 10 heteroatoms. The second-order valence-corrected chi connectivity index (χ2v) is 6.40.